The Bertz CT molecular complexity index is 1460. The Morgan fingerprint density at radius 3 is 2.21 bits per heavy atom. The number of sulfonamides is 1. The van der Waals surface area contributed by atoms with Crippen LogP contribution in [0.25, 0.3) is 0 Å². The molecule has 2 atom stereocenters. The number of hydrogen-bond acceptors (Lipinski definition) is 5. The van der Waals surface area contributed by atoms with E-state index in [1.54, 1.807) is 6.07 Å². The number of aryl methyl sites for hydroxylation is 1. The van der Waals surface area contributed by atoms with E-state index in [9.17, 15) is 22.8 Å². The molecule has 3 aromatic carbocycles. The fourth-order valence-electron chi connectivity index (χ4n) is 4.49. The number of carbonyl (C=O) groups excluding carboxylic acids is 3. The van der Waals surface area contributed by atoms with Crippen LogP contribution in [0.5, 0.6) is 0 Å². The van der Waals surface area contributed by atoms with Crippen molar-refractivity contribution >= 4 is 27.7 Å². The maximum Gasteiger partial charge on any atom is 0.269 e. The average molecular weight is 548 g/mol. The highest BCUT2D eigenvalue weighted by molar-refractivity contribution is 7.90. The van der Waals surface area contributed by atoms with Crippen LogP contribution >= 0.6 is 0 Å². The van der Waals surface area contributed by atoms with Crippen LogP contribution in [0.2, 0.25) is 0 Å². The van der Waals surface area contributed by atoms with Gasteiger partial charge in [-0.15, -0.1) is 0 Å². The number of fused-ring (bicyclic) bond motifs is 1. The molecular weight excluding hydrogens is 514 g/mol. The van der Waals surface area contributed by atoms with E-state index < -0.39 is 34.4 Å². The van der Waals surface area contributed by atoms with E-state index in [-0.39, 0.29) is 35.4 Å². The fourth-order valence-corrected chi connectivity index (χ4v) is 6.00. The predicted octanol–water partition coefficient (Wildman–Crippen LogP) is 3.69. The Labute approximate surface area is 229 Å². The lowest BCUT2D eigenvalue weighted by atomic mass is 10.0. The first kappa shape index (κ1) is 28.0. The van der Waals surface area contributed by atoms with Gasteiger partial charge in [-0.2, -0.15) is 0 Å². The molecule has 3 aromatic rings. The Kier molecular flexibility index (Phi) is 8.50. The first-order chi connectivity index (χ1) is 18.6. The molecule has 39 heavy (non-hydrogen) atoms. The van der Waals surface area contributed by atoms with Gasteiger partial charge in [-0.25, -0.2) is 12.7 Å². The summed E-state index contributed by atoms with van der Waals surface area (Å²) >= 11 is 0. The summed E-state index contributed by atoms with van der Waals surface area (Å²) in [6, 6.07) is 21.8. The van der Waals surface area contributed by atoms with Crippen LogP contribution in [0.1, 0.15) is 47.3 Å². The lowest BCUT2D eigenvalue weighted by Gasteiger charge is -2.33. The molecule has 1 N–H and O–H groups in total. The van der Waals surface area contributed by atoms with Gasteiger partial charge in [-0.1, -0.05) is 79.2 Å². The number of nitrogens with one attached hydrogen (secondary N) is 1. The smallest absolute Gasteiger partial charge is 0.269 e. The molecule has 1 aliphatic rings. The van der Waals surface area contributed by atoms with Gasteiger partial charge in [-0.3, -0.25) is 14.4 Å². The van der Waals surface area contributed by atoms with Gasteiger partial charge >= 0.3 is 0 Å². The van der Waals surface area contributed by atoms with Crippen LogP contribution in [-0.4, -0.2) is 54.0 Å². The highest BCUT2D eigenvalue weighted by atomic mass is 32.2. The molecule has 0 aromatic heterocycles. The number of benzene rings is 3. The van der Waals surface area contributed by atoms with Crippen LogP contribution in [0, 0.1) is 6.92 Å². The van der Waals surface area contributed by atoms with Crippen LogP contribution in [0.4, 0.5) is 0 Å². The van der Waals surface area contributed by atoms with Crippen molar-refractivity contribution < 1.29 is 22.8 Å². The second-order valence-corrected chi connectivity index (χ2v) is 11.7. The third-order valence-corrected chi connectivity index (χ3v) is 8.72. The lowest BCUT2D eigenvalue weighted by molar-refractivity contribution is -0.141. The summed E-state index contributed by atoms with van der Waals surface area (Å²) < 4.78 is 27.0. The minimum Gasteiger partial charge on any atom is -0.352 e. The second-order valence-electron chi connectivity index (χ2n) is 9.84. The van der Waals surface area contributed by atoms with Gasteiger partial charge in [0.25, 0.3) is 15.9 Å². The minimum absolute atomic E-state index is 0.0331. The van der Waals surface area contributed by atoms with Gasteiger partial charge in [0.1, 0.15) is 17.5 Å². The SMILES string of the molecule is CC[C@@H](C)NC(=O)[C@H](Cc1ccccc1)N(Cc1ccc(C)cc1)C(=O)CN1C(=O)c2ccccc2S1(=O)=O. The molecule has 4 rings (SSSR count). The molecular formula is C30H33N3O5S. The van der Waals surface area contributed by atoms with Crippen LogP contribution in [0.15, 0.2) is 83.8 Å². The molecule has 0 saturated heterocycles. The maximum atomic E-state index is 13.9. The van der Waals surface area contributed by atoms with E-state index in [1.807, 2.05) is 75.4 Å². The van der Waals surface area contributed by atoms with Gasteiger partial charge in [0.05, 0.1) is 5.56 Å². The summed E-state index contributed by atoms with van der Waals surface area (Å²) in [6.07, 6.45) is 0.927. The topological polar surface area (TPSA) is 104 Å². The molecule has 0 unspecified atom stereocenters. The third-order valence-electron chi connectivity index (χ3n) is 6.94. The molecule has 0 aliphatic carbocycles. The highest BCUT2D eigenvalue weighted by Gasteiger charge is 2.43. The molecule has 9 heteroatoms. The predicted molar refractivity (Wildman–Crippen MR) is 148 cm³/mol. The molecule has 1 aliphatic heterocycles. The maximum absolute atomic E-state index is 13.9. The van der Waals surface area contributed by atoms with Crippen molar-refractivity contribution in [2.45, 2.75) is 57.1 Å². The molecule has 0 bridgehead atoms. The quantitative estimate of drug-likeness (QED) is 0.417. The van der Waals surface area contributed by atoms with Crippen LogP contribution in [-0.2, 0) is 32.6 Å². The van der Waals surface area contributed by atoms with E-state index in [0.717, 1.165) is 16.7 Å². The first-order valence-corrected chi connectivity index (χ1v) is 14.4. The van der Waals surface area contributed by atoms with Crippen LogP contribution in [0.3, 0.4) is 0 Å². The second kappa shape index (κ2) is 11.8. The largest absolute Gasteiger partial charge is 0.352 e. The van der Waals surface area contributed by atoms with Crippen molar-refractivity contribution in [1.82, 2.24) is 14.5 Å². The Balaban J connectivity index is 1.71. The lowest BCUT2D eigenvalue weighted by Crippen LogP contribution is -2.54. The van der Waals surface area contributed by atoms with E-state index in [2.05, 4.69) is 5.32 Å². The molecule has 3 amide bonds. The van der Waals surface area contributed by atoms with Gasteiger partial charge in [0.2, 0.25) is 11.8 Å². The van der Waals surface area contributed by atoms with Crippen molar-refractivity contribution in [2.75, 3.05) is 6.54 Å². The van der Waals surface area contributed by atoms with Crippen molar-refractivity contribution in [2.24, 2.45) is 0 Å². The van der Waals surface area contributed by atoms with E-state index in [4.69, 9.17) is 0 Å². The molecule has 0 saturated carbocycles. The summed E-state index contributed by atoms with van der Waals surface area (Å²) in [5.74, 6) is -1.73. The molecule has 0 fully saturated rings. The van der Waals surface area contributed by atoms with Gasteiger partial charge < -0.3 is 10.2 Å². The van der Waals surface area contributed by atoms with Gasteiger partial charge in [0.15, 0.2) is 0 Å². The van der Waals surface area contributed by atoms with Crippen molar-refractivity contribution in [3.8, 4) is 0 Å². The standard InChI is InChI=1S/C30H33N3O5S/c1-4-22(3)31-29(35)26(18-23-10-6-5-7-11-23)32(19-24-16-14-21(2)15-17-24)28(34)20-33-30(36)25-12-8-9-13-27(25)39(33,37)38/h5-17,22,26H,4,18-20H2,1-3H3,(H,31,35)/t22-,26+/m1/s1. The summed E-state index contributed by atoms with van der Waals surface area (Å²) in [6.45, 7) is 5.15. The van der Waals surface area contributed by atoms with E-state index >= 15 is 0 Å². The minimum atomic E-state index is -4.19. The summed E-state index contributed by atoms with van der Waals surface area (Å²) in [5, 5.41) is 2.98. The number of carbonyl (C=O) groups is 3. The first-order valence-electron chi connectivity index (χ1n) is 13.0. The van der Waals surface area contributed by atoms with Crippen LogP contribution < -0.4 is 5.32 Å². The molecule has 204 valence electrons. The molecule has 0 spiro atoms. The summed E-state index contributed by atoms with van der Waals surface area (Å²) in [5.41, 5.74) is 2.70. The number of nitrogens with zero attached hydrogens (tertiary/aromatic N) is 2. The molecule has 1 heterocycles. The Morgan fingerprint density at radius 1 is 0.923 bits per heavy atom. The average Bonchev–Trinajstić information content (AvgIpc) is 3.12. The van der Waals surface area contributed by atoms with Crippen molar-refractivity contribution in [3.05, 3.63) is 101 Å². The number of amides is 3. The normalized spacial score (nSPS) is 15.4. The van der Waals surface area contributed by atoms with Gasteiger partial charge in [0, 0.05) is 19.0 Å². The highest BCUT2D eigenvalue weighted by Crippen LogP contribution is 2.30. The zero-order chi connectivity index (χ0) is 28.2. The Morgan fingerprint density at radius 2 is 1.56 bits per heavy atom. The third kappa shape index (κ3) is 6.20. The summed E-state index contributed by atoms with van der Waals surface area (Å²) in [4.78, 5) is 41.9. The van der Waals surface area contributed by atoms with Crippen molar-refractivity contribution in [1.29, 1.82) is 0 Å². The van der Waals surface area contributed by atoms with E-state index in [0.29, 0.717) is 10.7 Å². The van der Waals surface area contributed by atoms with E-state index in [1.165, 1.54) is 23.1 Å². The number of hydrogen-bond donors (Lipinski definition) is 1. The molecule has 0 radical (unpaired) electrons. The molecule has 8 nitrogen and oxygen atoms in total. The van der Waals surface area contributed by atoms with Crippen molar-refractivity contribution in [3.63, 3.8) is 0 Å². The monoisotopic (exact) mass is 547 g/mol. The summed E-state index contributed by atoms with van der Waals surface area (Å²) in [7, 11) is -4.19. The number of rotatable bonds is 10. The fraction of sp³-hybridized carbons (Fsp3) is 0.300. The van der Waals surface area contributed by atoms with Gasteiger partial charge in [-0.05, 0) is 43.5 Å². The Hall–Kier alpha value is -3.98. The zero-order valence-corrected chi connectivity index (χ0v) is 23.1. The zero-order valence-electron chi connectivity index (χ0n) is 22.3.